The van der Waals surface area contributed by atoms with Crippen LogP contribution in [0, 0.1) is 5.82 Å². The predicted octanol–water partition coefficient (Wildman–Crippen LogP) is 3.67. The monoisotopic (exact) mass is 396 g/mol. The minimum Gasteiger partial charge on any atom is -0.478 e. The lowest BCUT2D eigenvalue weighted by molar-refractivity contribution is 0.0693. The van der Waals surface area contributed by atoms with Crippen molar-refractivity contribution >= 4 is 11.9 Å². The number of benzene rings is 2. The van der Waals surface area contributed by atoms with Gasteiger partial charge in [0.05, 0.1) is 5.56 Å². The van der Waals surface area contributed by atoms with E-state index in [0.29, 0.717) is 29.3 Å². The van der Waals surface area contributed by atoms with Crippen LogP contribution in [0.5, 0.6) is 0 Å². The Morgan fingerprint density at radius 2 is 1.93 bits per heavy atom. The number of hydrogen-bond donors (Lipinski definition) is 1. The number of carboxylic acids is 1. The topological polar surface area (TPSA) is 60.9 Å². The zero-order chi connectivity index (χ0) is 20.5. The largest absolute Gasteiger partial charge is 0.478 e. The summed E-state index contributed by atoms with van der Waals surface area (Å²) in [4.78, 5) is 28.3. The molecule has 152 valence electrons. The lowest BCUT2D eigenvalue weighted by Crippen LogP contribution is -2.43. The van der Waals surface area contributed by atoms with E-state index < -0.39 is 11.8 Å². The fourth-order valence-electron chi connectivity index (χ4n) is 4.37. The van der Waals surface area contributed by atoms with Crippen molar-refractivity contribution in [2.24, 2.45) is 0 Å². The molecule has 2 aliphatic heterocycles. The molecule has 2 heterocycles. The first-order valence-electron chi connectivity index (χ1n) is 10.1. The van der Waals surface area contributed by atoms with Crippen LogP contribution in [0.1, 0.15) is 46.0 Å². The number of carbonyl (C=O) groups excluding carboxylic acids is 1. The lowest BCUT2D eigenvalue weighted by atomic mass is 9.93. The van der Waals surface area contributed by atoms with E-state index in [0.717, 1.165) is 37.7 Å². The van der Waals surface area contributed by atoms with Crippen molar-refractivity contribution in [2.45, 2.75) is 32.2 Å². The molecule has 4 rings (SSSR count). The molecule has 1 atom stereocenters. The smallest absolute Gasteiger partial charge is 0.335 e. The predicted molar refractivity (Wildman–Crippen MR) is 109 cm³/mol. The number of carbonyl (C=O) groups is 2. The van der Waals surface area contributed by atoms with Crippen molar-refractivity contribution in [3.63, 3.8) is 0 Å². The summed E-state index contributed by atoms with van der Waals surface area (Å²) in [5.41, 5.74) is 2.51. The van der Waals surface area contributed by atoms with E-state index >= 15 is 0 Å². The highest BCUT2D eigenvalue weighted by Crippen LogP contribution is 2.29. The van der Waals surface area contributed by atoms with Gasteiger partial charge >= 0.3 is 5.97 Å². The van der Waals surface area contributed by atoms with Gasteiger partial charge in [-0.25, -0.2) is 9.18 Å². The van der Waals surface area contributed by atoms with Gasteiger partial charge in [-0.05, 0) is 62.1 Å². The van der Waals surface area contributed by atoms with Crippen molar-refractivity contribution in [1.29, 1.82) is 0 Å². The number of likely N-dealkylation sites (tertiary alicyclic amines) is 1. The second-order valence-corrected chi connectivity index (χ2v) is 7.94. The highest BCUT2D eigenvalue weighted by molar-refractivity contribution is 5.97. The quantitative estimate of drug-likeness (QED) is 0.838. The second kappa shape index (κ2) is 7.95. The average molecular weight is 396 g/mol. The van der Waals surface area contributed by atoms with Crippen molar-refractivity contribution in [1.82, 2.24) is 9.80 Å². The SMILES string of the molecule is CC1CCCN1CCN1CCc2cc(-c3ccc(C(=O)O)cc3F)ccc2C1=O. The molecule has 0 radical (unpaired) electrons. The van der Waals surface area contributed by atoms with Crippen LogP contribution in [-0.4, -0.2) is 59.0 Å². The van der Waals surface area contributed by atoms with E-state index in [9.17, 15) is 14.0 Å². The van der Waals surface area contributed by atoms with E-state index in [1.54, 1.807) is 12.1 Å². The maximum Gasteiger partial charge on any atom is 0.335 e. The maximum atomic E-state index is 14.4. The van der Waals surface area contributed by atoms with Crippen LogP contribution in [0.4, 0.5) is 4.39 Å². The molecule has 0 bridgehead atoms. The molecule has 29 heavy (non-hydrogen) atoms. The van der Waals surface area contributed by atoms with Crippen molar-refractivity contribution in [3.8, 4) is 11.1 Å². The molecule has 1 amide bonds. The molecule has 0 aliphatic carbocycles. The number of nitrogens with zero attached hydrogens (tertiary/aromatic N) is 2. The number of halogens is 1. The molecule has 1 unspecified atom stereocenters. The number of aromatic carboxylic acids is 1. The fraction of sp³-hybridized carbons (Fsp3) is 0.391. The van der Waals surface area contributed by atoms with Crippen molar-refractivity contribution in [2.75, 3.05) is 26.2 Å². The Morgan fingerprint density at radius 1 is 1.14 bits per heavy atom. The van der Waals surface area contributed by atoms with Gasteiger partial charge in [0.15, 0.2) is 0 Å². The summed E-state index contributed by atoms with van der Waals surface area (Å²) in [7, 11) is 0. The van der Waals surface area contributed by atoms with Gasteiger partial charge in [-0.2, -0.15) is 0 Å². The highest BCUT2D eigenvalue weighted by Gasteiger charge is 2.27. The van der Waals surface area contributed by atoms with Gasteiger partial charge in [-0.15, -0.1) is 0 Å². The lowest BCUT2D eigenvalue weighted by Gasteiger charge is -2.31. The summed E-state index contributed by atoms with van der Waals surface area (Å²) in [6.07, 6.45) is 3.19. The minimum absolute atomic E-state index is 0.0337. The van der Waals surface area contributed by atoms with Crippen LogP contribution in [0.3, 0.4) is 0 Å². The summed E-state index contributed by atoms with van der Waals surface area (Å²) in [6, 6.07) is 9.85. The van der Waals surface area contributed by atoms with Crippen LogP contribution in [0.2, 0.25) is 0 Å². The molecule has 1 fully saturated rings. The molecule has 5 nitrogen and oxygen atoms in total. The van der Waals surface area contributed by atoms with Crippen LogP contribution >= 0.6 is 0 Å². The Kier molecular flexibility index (Phi) is 5.37. The first kappa shape index (κ1) is 19.6. The Hall–Kier alpha value is -2.73. The second-order valence-electron chi connectivity index (χ2n) is 7.94. The standard InChI is InChI=1S/C23H25FN2O3/c1-15-3-2-9-25(15)11-12-26-10-8-17-13-16(4-7-20(17)22(26)27)19-6-5-18(23(28)29)14-21(19)24/h4-7,13-15H,2-3,8-12H2,1H3,(H,28,29). The van der Waals surface area contributed by atoms with Gasteiger partial charge in [-0.3, -0.25) is 9.69 Å². The van der Waals surface area contributed by atoms with E-state index in [2.05, 4.69) is 11.8 Å². The Morgan fingerprint density at radius 3 is 2.62 bits per heavy atom. The highest BCUT2D eigenvalue weighted by atomic mass is 19.1. The van der Waals surface area contributed by atoms with E-state index in [1.807, 2.05) is 11.0 Å². The summed E-state index contributed by atoms with van der Waals surface area (Å²) >= 11 is 0. The summed E-state index contributed by atoms with van der Waals surface area (Å²) in [5, 5.41) is 9.00. The van der Waals surface area contributed by atoms with Gasteiger partial charge in [0.25, 0.3) is 5.91 Å². The molecule has 1 N–H and O–H groups in total. The van der Waals surface area contributed by atoms with E-state index in [-0.39, 0.29) is 11.5 Å². The van der Waals surface area contributed by atoms with Gasteiger partial charge in [-0.1, -0.05) is 18.2 Å². The van der Waals surface area contributed by atoms with Gasteiger partial charge in [0.2, 0.25) is 0 Å². The number of rotatable bonds is 5. The van der Waals surface area contributed by atoms with Gasteiger partial charge in [0, 0.05) is 36.8 Å². The molecule has 0 saturated carbocycles. The van der Waals surface area contributed by atoms with Crippen LogP contribution in [-0.2, 0) is 6.42 Å². The fourth-order valence-corrected chi connectivity index (χ4v) is 4.37. The summed E-state index contributed by atoms with van der Waals surface area (Å²) < 4.78 is 14.4. The Labute approximate surface area is 169 Å². The molecule has 0 spiro atoms. The van der Waals surface area contributed by atoms with Crippen molar-refractivity contribution in [3.05, 3.63) is 58.9 Å². The summed E-state index contributed by atoms with van der Waals surface area (Å²) in [6.45, 7) is 5.65. The van der Waals surface area contributed by atoms with Crippen LogP contribution < -0.4 is 0 Å². The Bertz CT molecular complexity index is 959. The Balaban J connectivity index is 1.50. The molecule has 0 aromatic heterocycles. The maximum absolute atomic E-state index is 14.4. The molecular weight excluding hydrogens is 371 g/mol. The molecule has 2 aromatic rings. The molecule has 2 aliphatic rings. The van der Waals surface area contributed by atoms with E-state index in [1.165, 1.54) is 25.0 Å². The van der Waals surface area contributed by atoms with Crippen LogP contribution in [0.25, 0.3) is 11.1 Å². The zero-order valence-electron chi connectivity index (χ0n) is 16.5. The number of amides is 1. The average Bonchev–Trinajstić information content (AvgIpc) is 3.12. The molecule has 1 saturated heterocycles. The number of carboxylic acid groups (broad SMARTS) is 1. The molecule has 6 heteroatoms. The third-order valence-corrected chi connectivity index (χ3v) is 6.15. The van der Waals surface area contributed by atoms with Gasteiger partial charge in [0.1, 0.15) is 5.82 Å². The zero-order valence-corrected chi connectivity index (χ0v) is 16.5. The third-order valence-electron chi connectivity index (χ3n) is 6.15. The number of hydrogen-bond acceptors (Lipinski definition) is 3. The first-order chi connectivity index (χ1) is 13.9. The van der Waals surface area contributed by atoms with Gasteiger partial charge < -0.3 is 10.0 Å². The minimum atomic E-state index is -1.16. The van der Waals surface area contributed by atoms with Crippen LogP contribution in [0.15, 0.2) is 36.4 Å². The van der Waals surface area contributed by atoms with Crippen molar-refractivity contribution < 1.29 is 19.1 Å². The third kappa shape index (κ3) is 3.90. The first-order valence-corrected chi connectivity index (χ1v) is 10.1. The number of fused-ring (bicyclic) bond motifs is 1. The molecule has 2 aromatic carbocycles. The molecular formula is C23H25FN2O3. The van der Waals surface area contributed by atoms with E-state index in [4.69, 9.17) is 5.11 Å². The normalized spacial score (nSPS) is 19.4. The summed E-state index contributed by atoms with van der Waals surface area (Å²) in [5.74, 6) is -1.70.